The van der Waals surface area contributed by atoms with Crippen molar-refractivity contribution in [2.45, 2.75) is 0 Å². The van der Waals surface area contributed by atoms with Crippen molar-refractivity contribution in [3.8, 4) is 62.2 Å². The summed E-state index contributed by atoms with van der Waals surface area (Å²) in [5.41, 5.74) is 11.4. The van der Waals surface area contributed by atoms with Crippen LogP contribution in [0.1, 0.15) is 0 Å². The van der Waals surface area contributed by atoms with E-state index in [9.17, 15) is 0 Å². The van der Waals surface area contributed by atoms with Gasteiger partial charge < -0.3 is 4.57 Å². The van der Waals surface area contributed by atoms with E-state index < -0.39 is 0 Å². The van der Waals surface area contributed by atoms with Gasteiger partial charge in [0.15, 0.2) is 17.5 Å². The highest BCUT2D eigenvalue weighted by Gasteiger charge is 2.23. The maximum Gasteiger partial charge on any atom is 0.164 e. The Morgan fingerprint density at radius 1 is 0.316 bits per heavy atom. The highest BCUT2D eigenvalue weighted by Crippen LogP contribution is 2.44. The fourth-order valence-corrected chi connectivity index (χ4v) is 8.21. The molecule has 0 unspecified atom stereocenters. The Morgan fingerprint density at radius 3 is 1.49 bits per heavy atom. The second-order valence-corrected chi connectivity index (χ2v) is 14.2. The molecular formula is C52H33N5. The normalized spacial score (nSPS) is 11.5. The molecule has 5 heteroatoms. The standard InChI is InChI=1S/C52H33N5/c1-4-16-34(17-5-1)35-28-30-37(31-29-35)51-54-50(36-18-6-2-7-19-36)55-52(56-51)42-33-32-41(39-22-10-11-23-40(39)42)48-47-44-25-13-15-27-46(44)57(38-20-8-3-9-21-38)49(47)43-24-12-14-26-45(43)53-48/h1-33H. The first kappa shape index (κ1) is 32.7. The lowest BCUT2D eigenvalue weighted by Crippen LogP contribution is -2.01. The minimum atomic E-state index is 0.617. The molecular weight excluding hydrogens is 695 g/mol. The predicted molar refractivity (Wildman–Crippen MR) is 234 cm³/mol. The van der Waals surface area contributed by atoms with Gasteiger partial charge in [0.25, 0.3) is 0 Å². The molecule has 0 aliphatic heterocycles. The van der Waals surface area contributed by atoms with E-state index in [0.29, 0.717) is 17.5 Å². The van der Waals surface area contributed by atoms with E-state index in [-0.39, 0.29) is 0 Å². The van der Waals surface area contributed by atoms with E-state index in [0.717, 1.165) is 82.7 Å². The number of pyridine rings is 1. The highest BCUT2D eigenvalue weighted by atomic mass is 15.0. The summed E-state index contributed by atoms with van der Waals surface area (Å²) in [6.07, 6.45) is 0. The summed E-state index contributed by atoms with van der Waals surface area (Å²) in [5, 5.41) is 5.51. The summed E-state index contributed by atoms with van der Waals surface area (Å²) >= 11 is 0. The molecule has 0 aliphatic rings. The van der Waals surface area contributed by atoms with Crippen LogP contribution in [0.3, 0.4) is 0 Å². The number of nitrogens with zero attached hydrogens (tertiary/aromatic N) is 5. The summed E-state index contributed by atoms with van der Waals surface area (Å²) in [5.74, 6) is 1.87. The molecule has 3 heterocycles. The maximum atomic E-state index is 5.47. The number of hydrogen-bond acceptors (Lipinski definition) is 4. The average molecular weight is 728 g/mol. The SMILES string of the molecule is c1ccc(-c2ccc(-c3nc(-c4ccccc4)nc(-c4ccc(-c5nc6ccccc6c6c5c5ccccc5n6-c5ccccc5)c5ccccc45)n3)cc2)cc1. The van der Waals surface area contributed by atoms with Gasteiger partial charge in [-0.15, -0.1) is 0 Å². The van der Waals surface area contributed by atoms with Crippen LogP contribution in [-0.4, -0.2) is 24.5 Å². The first-order valence-electron chi connectivity index (χ1n) is 19.2. The fourth-order valence-electron chi connectivity index (χ4n) is 8.21. The zero-order valence-electron chi connectivity index (χ0n) is 30.8. The Bertz CT molecular complexity index is 3270. The highest BCUT2D eigenvalue weighted by molar-refractivity contribution is 6.24. The molecule has 11 aromatic rings. The van der Waals surface area contributed by atoms with Gasteiger partial charge in [-0.3, -0.25) is 0 Å². The summed E-state index contributed by atoms with van der Waals surface area (Å²) in [6.45, 7) is 0. The van der Waals surface area contributed by atoms with Gasteiger partial charge in [-0.05, 0) is 52.2 Å². The van der Waals surface area contributed by atoms with Crippen molar-refractivity contribution in [2.24, 2.45) is 0 Å². The molecule has 0 radical (unpaired) electrons. The van der Waals surface area contributed by atoms with Gasteiger partial charge in [0.05, 0.1) is 22.2 Å². The molecule has 0 saturated carbocycles. The van der Waals surface area contributed by atoms with Gasteiger partial charge >= 0.3 is 0 Å². The molecule has 0 bridgehead atoms. The van der Waals surface area contributed by atoms with Crippen LogP contribution in [0.15, 0.2) is 200 Å². The van der Waals surface area contributed by atoms with Crippen LogP contribution in [0.4, 0.5) is 0 Å². The number of para-hydroxylation sites is 3. The molecule has 0 saturated heterocycles. The number of fused-ring (bicyclic) bond motifs is 6. The summed E-state index contributed by atoms with van der Waals surface area (Å²) < 4.78 is 2.39. The topological polar surface area (TPSA) is 56.5 Å². The summed E-state index contributed by atoms with van der Waals surface area (Å²) in [6, 6.07) is 69.6. The third-order valence-corrected chi connectivity index (χ3v) is 10.9. The van der Waals surface area contributed by atoms with Crippen LogP contribution in [0.5, 0.6) is 0 Å². The van der Waals surface area contributed by atoms with Crippen LogP contribution >= 0.6 is 0 Å². The number of hydrogen-bond donors (Lipinski definition) is 0. The largest absolute Gasteiger partial charge is 0.308 e. The lowest BCUT2D eigenvalue weighted by atomic mass is 9.94. The Morgan fingerprint density at radius 2 is 0.789 bits per heavy atom. The molecule has 266 valence electrons. The molecule has 0 amide bonds. The lowest BCUT2D eigenvalue weighted by Gasteiger charge is -2.15. The average Bonchev–Trinajstić information content (AvgIpc) is 3.65. The molecule has 5 nitrogen and oxygen atoms in total. The minimum absolute atomic E-state index is 0.617. The Balaban J connectivity index is 1.14. The quantitative estimate of drug-likeness (QED) is 0.171. The van der Waals surface area contributed by atoms with E-state index in [1.807, 2.05) is 36.4 Å². The van der Waals surface area contributed by atoms with Gasteiger partial charge in [-0.25, -0.2) is 19.9 Å². The van der Waals surface area contributed by atoms with Crippen molar-refractivity contribution < 1.29 is 0 Å². The third kappa shape index (κ3) is 5.56. The van der Waals surface area contributed by atoms with Gasteiger partial charge in [0.1, 0.15) is 0 Å². The van der Waals surface area contributed by atoms with Crippen molar-refractivity contribution in [3.63, 3.8) is 0 Å². The van der Waals surface area contributed by atoms with Gasteiger partial charge in [-0.1, -0.05) is 170 Å². The molecule has 0 spiro atoms. The van der Waals surface area contributed by atoms with Crippen LogP contribution in [0.25, 0.3) is 106 Å². The minimum Gasteiger partial charge on any atom is -0.308 e. The van der Waals surface area contributed by atoms with Gasteiger partial charge in [-0.2, -0.15) is 0 Å². The molecule has 8 aromatic carbocycles. The molecule has 0 N–H and O–H groups in total. The smallest absolute Gasteiger partial charge is 0.164 e. The Hall–Kier alpha value is -7.76. The van der Waals surface area contributed by atoms with E-state index in [1.54, 1.807) is 0 Å². The van der Waals surface area contributed by atoms with E-state index in [1.165, 1.54) is 5.56 Å². The summed E-state index contributed by atoms with van der Waals surface area (Å²) in [7, 11) is 0. The second-order valence-electron chi connectivity index (χ2n) is 14.2. The first-order chi connectivity index (χ1) is 28.3. The molecule has 57 heavy (non-hydrogen) atoms. The van der Waals surface area contributed by atoms with Crippen LogP contribution in [-0.2, 0) is 0 Å². The Labute approximate surface area is 329 Å². The van der Waals surface area contributed by atoms with Gasteiger partial charge in [0, 0.05) is 44.1 Å². The number of aromatic nitrogens is 5. The molecule has 3 aromatic heterocycles. The molecule has 11 rings (SSSR count). The van der Waals surface area contributed by atoms with Crippen molar-refractivity contribution in [3.05, 3.63) is 200 Å². The molecule has 0 aliphatic carbocycles. The van der Waals surface area contributed by atoms with Crippen molar-refractivity contribution in [1.82, 2.24) is 24.5 Å². The van der Waals surface area contributed by atoms with Crippen molar-refractivity contribution >= 4 is 43.5 Å². The zero-order chi connectivity index (χ0) is 37.7. The zero-order valence-corrected chi connectivity index (χ0v) is 30.8. The maximum absolute atomic E-state index is 5.47. The number of benzene rings is 8. The predicted octanol–water partition coefficient (Wildman–Crippen LogP) is 13.0. The lowest BCUT2D eigenvalue weighted by molar-refractivity contribution is 1.08. The van der Waals surface area contributed by atoms with Crippen molar-refractivity contribution in [1.29, 1.82) is 0 Å². The fraction of sp³-hybridized carbons (Fsp3) is 0. The first-order valence-corrected chi connectivity index (χ1v) is 19.2. The molecule has 0 atom stereocenters. The molecule has 0 fully saturated rings. The summed E-state index contributed by atoms with van der Waals surface area (Å²) in [4.78, 5) is 20.8. The van der Waals surface area contributed by atoms with Crippen LogP contribution < -0.4 is 0 Å². The van der Waals surface area contributed by atoms with E-state index >= 15 is 0 Å². The third-order valence-electron chi connectivity index (χ3n) is 10.9. The number of rotatable bonds is 6. The van der Waals surface area contributed by atoms with E-state index in [4.69, 9.17) is 19.9 Å². The second kappa shape index (κ2) is 13.5. The Kier molecular flexibility index (Phi) is 7.74. The van der Waals surface area contributed by atoms with Crippen molar-refractivity contribution in [2.75, 3.05) is 0 Å². The van der Waals surface area contributed by atoms with Crippen LogP contribution in [0.2, 0.25) is 0 Å². The van der Waals surface area contributed by atoms with Gasteiger partial charge in [0.2, 0.25) is 0 Å². The monoisotopic (exact) mass is 727 g/mol. The van der Waals surface area contributed by atoms with E-state index in [2.05, 4.69) is 168 Å². The van der Waals surface area contributed by atoms with Crippen LogP contribution in [0, 0.1) is 0 Å².